The lowest BCUT2D eigenvalue weighted by Gasteiger charge is -2.33. The number of thiazole rings is 1. The van der Waals surface area contributed by atoms with Crippen LogP contribution >= 0.6 is 11.3 Å². The first-order chi connectivity index (χ1) is 9.15. The van der Waals surface area contributed by atoms with Crippen molar-refractivity contribution >= 4 is 22.3 Å². The first kappa shape index (κ1) is 14.2. The molecule has 2 rings (SSSR count). The zero-order chi connectivity index (χ0) is 13.8. The van der Waals surface area contributed by atoms with Crippen LogP contribution in [0.3, 0.4) is 0 Å². The maximum absolute atomic E-state index is 7.61. The fourth-order valence-electron chi connectivity index (χ4n) is 2.17. The topological polar surface area (TPSA) is 78.5 Å². The van der Waals surface area contributed by atoms with Gasteiger partial charge in [0.25, 0.3) is 0 Å². The van der Waals surface area contributed by atoms with Crippen LogP contribution in [0.4, 0.5) is 5.13 Å². The summed E-state index contributed by atoms with van der Waals surface area (Å²) < 4.78 is 5.12. The molecule has 0 saturated carbocycles. The summed E-state index contributed by atoms with van der Waals surface area (Å²) in [5, 5.41) is 8.56. The van der Waals surface area contributed by atoms with E-state index in [0.29, 0.717) is 6.61 Å². The van der Waals surface area contributed by atoms with E-state index in [0.717, 1.165) is 48.4 Å². The Morgan fingerprint density at radius 3 is 2.63 bits per heavy atom. The van der Waals surface area contributed by atoms with Crippen LogP contribution < -0.4 is 10.6 Å². The van der Waals surface area contributed by atoms with Gasteiger partial charge in [-0.3, -0.25) is 5.41 Å². The second-order valence-corrected chi connectivity index (χ2v) is 5.52. The fourth-order valence-corrected chi connectivity index (χ4v) is 3.16. The Kier molecular flexibility index (Phi) is 4.73. The predicted molar refractivity (Wildman–Crippen MR) is 78.2 cm³/mol. The first-order valence-electron chi connectivity index (χ1n) is 6.46. The maximum atomic E-state index is 7.61. The lowest BCUT2D eigenvalue weighted by molar-refractivity contribution is 0.182. The van der Waals surface area contributed by atoms with Gasteiger partial charge in [0.1, 0.15) is 5.84 Å². The summed E-state index contributed by atoms with van der Waals surface area (Å²) in [5.74, 6) is 0.0722. The number of piperazine rings is 1. The minimum absolute atomic E-state index is 0.0722. The van der Waals surface area contributed by atoms with Crippen molar-refractivity contribution in [2.45, 2.75) is 13.5 Å². The number of likely N-dealkylation sites (N-methyl/N-ethyl adjacent to an activating group) is 1. The molecular weight excluding hydrogens is 262 g/mol. The molecule has 6 nitrogen and oxygen atoms in total. The molecular formula is C12H21N5OS. The molecule has 0 aromatic carbocycles. The predicted octanol–water partition coefficient (Wildman–Crippen LogP) is 0.715. The number of aromatic nitrogens is 1. The zero-order valence-corrected chi connectivity index (χ0v) is 12.3. The van der Waals surface area contributed by atoms with Crippen molar-refractivity contribution in [3.63, 3.8) is 0 Å². The third-order valence-corrected chi connectivity index (χ3v) is 4.49. The number of nitrogen functional groups attached to an aromatic ring is 1. The molecule has 0 unspecified atom stereocenters. The van der Waals surface area contributed by atoms with Crippen LogP contribution in [-0.4, -0.2) is 55.6 Å². The lowest BCUT2D eigenvalue weighted by Crippen LogP contribution is -2.46. The van der Waals surface area contributed by atoms with E-state index >= 15 is 0 Å². The van der Waals surface area contributed by atoms with Gasteiger partial charge in [-0.05, 0) is 6.54 Å². The molecule has 19 heavy (non-hydrogen) atoms. The molecule has 0 spiro atoms. The molecule has 1 aliphatic rings. The van der Waals surface area contributed by atoms with Gasteiger partial charge in [-0.25, -0.2) is 4.98 Å². The number of rotatable bonds is 5. The quantitative estimate of drug-likeness (QED) is 0.615. The summed E-state index contributed by atoms with van der Waals surface area (Å²) in [6.45, 7) is 7.76. The second-order valence-electron chi connectivity index (χ2n) is 4.54. The highest BCUT2D eigenvalue weighted by atomic mass is 32.1. The van der Waals surface area contributed by atoms with Crippen molar-refractivity contribution in [2.75, 3.05) is 44.7 Å². The molecule has 0 radical (unpaired) electrons. The Morgan fingerprint density at radius 1 is 1.42 bits per heavy atom. The van der Waals surface area contributed by atoms with Crippen molar-refractivity contribution in [3.8, 4) is 0 Å². The van der Waals surface area contributed by atoms with Gasteiger partial charge in [-0.2, -0.15) is 0 Å². The van der Waals surface area contributed by atoms with E-state index in [1.165, 1.54) is 11.3 Å². The van der Waals surface area contributed by atoms with Crippen LogP contribution in [0, 0.1) is 5.41 Å². The van der Waals surface area contributed by atoms with Gasteiger partial charge in [-0.15, -0.1) is 0 Å². The monoisotopic (exact) mass is 283 g/mol. The first-order valence-corrected chi connectivity index (χ1v) is 7.27. The minimum Gasteiger partial charge on any atom is -0.383 e. The lowest BCUT2D eigenvalue weighted by atomic mass is 10.3. The van der Waals surface area contributed by atoms with Crippen molar-refractivity contribution in [1.29, 1.82) is 5.41 Å². The van der Waals surface area contributed by atoms with Gasteiger partial charge in [-0.1, -0.05) is 18.3 Å². The van der Waals surface area contributed by atoms with Gasteiger partial charge in [0.2, 0.25) is 0 Å². The minimum atomic E-state index is 0.0722. The van der Waals surface area contributed by atoms with E-state index in [4.69, 9.17) is 15.9 Å². The van der Waals surface area contributed by atoms with E-state index in [2.05, 4.69) is 21.7 Å². The molecule has 1 aliphatic heterocycles. The van der Waals surface area contributed by atoms with Gasteiger partial charge in [0.05, 0.1) is 17.2 Å². The smallest absolute Gasteiger partial charge is 0.186 e. The summed E-state index contributed by atoms with van der Waals surface area (Å²) in [6.07, 6.45) is 0. The number of anilines is 1. The maximum Gasteiger partial charge on any atom is 0.186 e. The molecule has 1 fully saturated rings. The summed E-state index contributed by atoms with van der Waals surface area (Å²) in [4.78, 5) is 10.00. The van der Waals surface area contributed by atoms with Crippen molar-refractivity contribution in [2.24, 2.45) is 5.73 Å². The number of nitrogens with two attached hydrogens (primary N) is 1. The highest BCUT2D eigenvalue weighted by Gasteiger charge is 2.21. The standard InChI is InChI=1S/C12H21N5OS/c1-3-16-4-6-17(7-5-16)12-15-9(8-18-2)10(19-12)11(13)14/h3-8H2,1-2H3,(H3,13,14). The van der Waals surface area contributed by atoms with Crippen LogP contribution in [0.1, 0.15) is 17.5 Å². The van der Waals surface area contributed by atoms with Crippen LogP contribution in [0.2, 0.25) is 0 Å². The Bertz CT molecular complexity index is 439. The molecule has 0 amide bonds. The summed E-state index contributed by atoms with van der Waals surface area (Å²) in [7, 11) is 1.63. The van der Waals surface area contributed by atoms with Crippen LogP contribution in [0.15, 0.2) is 0 Å². The van der Waals surface area contributed by atoms with Crippen molar-refractivity contribution in [3.05, 3.63) is 10.6 Å². The molecule has 3 N–H and O–H groups in total. The number of methoxy groups -OCH3 is 1. The van der Waals surface area contributed by atoms with Crippen LogP contribution in [0.5, 0.6) is 0 Å². The van der Waals surface area contributed by atoms with Crippen LogP contribution in [0.25, 0.3) is 0 Å². The Hall–Kier alpha value is -1.18. The van der Waals surface area contributed by atoms with Crippen molar-refractivity contribution < 1.29 is 4.74 Å². The third kappa shape index (κ3) is 3.23. The van der Waals surface area contributed by atoms with E-state index in [9.17, 15) is 0 Å². The van der Waals surface area contributed by atoms with Gasteiger partial charge in [0, 0.05) is 33.3 Å². The number of nitrogens with zero attached hydrogens (tertiary/aromatic N) is 3. The second kappa shape index (κ2) is 6.31. The summed E-state index contributed by atoms with van der Waals surface area (Å²) in [5.41, 5.74) is 6.37. The molecule has 106 valence electrons. The number of hydrogen-bond acceptors (Lipinski definition) is 6. The molecule has 0 bridgehead atoms. The highest BCUT2D eigenvalue weighted by molar-refractivity contribution is 7.17. The SMILES string of the molecule is CCN1CCN(c2nc(COC)c(C(=N)N)s2)CC1. The number of amidine groups is 1. The van der Waals surface area contributed by atoms with E-state index in [1.807, 2.05) is 0 Å². The number of nitrogens with one attached hydrogen (secondary N) is 1. The molecule has 1 aromatic heterocycles. The highest BCUT2D eigenvalue weighted by Crippen LogP contribution is 2.27. The number of ether oxygens (including phenoxy) is 1. The molecule has 1 aromatic rings. The normalized spacial score (nSPS) is 16.8. The number of hydrogen-bond donors (Lipinski definition) is 2. The van der Waals surface area contributed by atoms with Gasteiger partial charge in [0.15, 0.2) is 5.13 Å². The average molecular weight is 283 g/mol. The third-order valence-electron chi connectivity index (χ3n) is 3.30. The van der Waals surface area contributed by atoms with E-state index in [-0.39, 0.29) is 5.84 Å². The van der Waals surface area contributed by atoms with Crippen molar-refractivity contribution in [1.82, 2.24) is 9.88 Å². The van der Waals surface area contributed by atoms with Crippen LogP contribution in [-0.2, 0) is 11.3 Å². The van der Waals surface area contributed by atoms with Gasteiger partial charge >= 0.3 is 0 Å². The molecule has 7 heteroatoms. The average Bonchev–Trinajstić information content (AvgIpc) is 2.83. The largest absolute Gasteiger partial charge is 0.383 e. The Balaban J connectivity index is 2.12. The summed E-state index contributed by atoms with van der Waals surface area (Å²) >= 11 is 1.49. The van der Waals surface area contributed by atoms with E-state index in [1.54, 1.807) is 7.11 Å². The molecule has 0 aliphatic carbocycles. The Labute approximate surface area is 117 Å². The summed E-state index contributed by atoms with van der Waals surface area (Å²) in [6, 6.07) is 0. The molecule has 2 heterocycles. The van der Waals surface area contributed by atoms with Gasteiger partial charge < -0.3 is 20.3 Å². The molecule has 0 atom stereocenters. The van der Waals surface area contributed by atoms with E-state index < -0.39 is 0 Å². The Morgan fingerprint density at radius 2 is 2.11 bits per heavy atom. The zero-order valence-electron chi connectivity index (χ0n) is 11.5. The molecule has 1 saturated heterocycles. The fraction of sp³-hybridized carbons (Fsp3) is 0.667.